The van der Waals surface area contributed by atoms with E-state index in [9.17, 15) is 20.1 Å². The fourth-order valence-electron chi connectivity index (χ4n) is 9.09. The molecule has 0 aromatic carbocycles. The van der Waals surface area contributed by atoms with Crippen LogP contribution in [-0.4, -0.2) is 33.0 Å². The molecule has 4 rings (SSSR count). The Morgan fingerprint density at radius 3 is 2.45 bits per heavy atom. The normalized spacial score (nSPS) is 44.4. The Morgan fingerprint density at radius 1 is 1.06 bits per heavy atom. The van der Waals surface area contributed by atoms with Crippen LogP contribution in [-0.2, 0) is 4.79 Å². The summed E-state index contributed by atoms with van der Waals surface area (Å²) in [6.07, 6.45) is 12.5. The van der Waals surface area contributed by atoms with Crippen LogP contribution in [0.5, 0.6) is 0 Å². The molecule has 3 N–H and O–H groups in total. The van der Waals surface area contributed by atoms with Crippen LogP contribution in [0.25, 0.3) is 0 Å². The van der Waals surface area contributed by atoms with Crippen molar-refractivity contribution in [1.82, 2.24) is 0 Å². The molecule has 9 atom stereocenters. The highest BCUT2D eigenvalue weighted by molar-refractivity contribution is 5.68. The molecule has 3 fully saturated rings. The monoisotopic (exact) mass is 460 g/mol. The predicted molar refractivity (Wildman–Crippen MR) is 132 cm³/mol. The third-order valence-electron chi connectivity index (χ3n) is 11.2. The van der Waals surface area contributed by atoms with E-state index in [1.54, 1.807) is 0 Å². The molecular weight excluding hydrogens is 412 g/mol. The van der Waals surface area contributed by atoms with E-state index in [0.717, 1.165) is 43.4 Å². The van der Waals surface area contributed by atoms with Gasteiger partial charge in [0.2, 0.25) is 0 Å². The third kappa shape index (κ3) is 4.44. The molecule has 33 heavy (non-hydrogen) atoms. The van der Waals surface area contributed by atoms with Gasteiger partial charge in [-0.15, -0.1) is 0 Å². The minimum absolute atomic E-state index is 0.125. The summed E-state index contributed by atoms with van der Waals surface area (Å²) in [4.78, 5) is 11.3. The SMILES string of the molecule is CC(C)C(O)CC[C@@H](C)[C@H]1CC[C@H]2[C@@H]3CC=C4C[C@](O)(CC(=O)O)CC[C@]4(C)[C@H]3CC[C@]12C. The first-order valence-corrected chi connectivity index (χ1v) is 13.7. The van der Waals surface area contributed by atoms with Gasteiger partial charge in [0, 0.05) is 0 Å². The second kappa shape index (κ2) is 8.97. The van der Waals surface area contributed by atoms with Crippen LogP contribution < -0.4 is 0 Å². The minimum atomic E-state index is -1.07. The molecule has 3 saturated carbocycles. The Kier molecular flexibility index (Phi) is 6.86. The van der Waals surface area contributed by atoms with Crippen LogP contribution in [0.4, 0.5) is 0 Å². The average molecular weight is 461 g/mol. The lowest BCUT2D eigenvalue weighted by atomic mass is 9.46. The number of carboxylic acid groups (broad SMARTS) is 1. The summed E-state index contributed by atoms with van der Waals surface area (Å²) in [5, 5.41) is 30.6. The molecule has 0 aromatic heterocycles. The molecule has 0 heterocycles. The van der Waals surface area contributed by atoms with Gasteiger partial charge < -0.3 is 15.3 Å². The second-order valence-corrected chi connectivity index (χ2v) is 13.3. The summed E-state index contributed by atoms with van der Waals surface area (Å²) in [6.45, 7) is 11.7. The molecule has 188 valence electrons. The van der Waals surface area contributed by atoms with Crippen molar-refractivity contribution in [1.29, 1.82) is 0 Å². The second-order valence-electron chi connectivity index (χ2n) is 13.3. The number of carbonyl (C=O) groups is 1. The highest BCUT2D eigenvalue weighted by Crippen LogP contribution is 2.67. The van der Waals surface area contributed by atoms with Crippen molar-refractivity contribution in [3.05, 3.63) is 11.6 Å². The average Bonchev–Trinajstić information content (AvgIpc) is 3.09. The molecule has 4 aliphatic rings. The number of aliphatic hydroxyl groups excluding tert-OH is 1. The molecule has 0 bridgehead atoms. The van der Waals surface area contributed by atoms with Gasteiger partial charge in [-0.05, 0) is 111 Å². The van der Waals surface area contributed by atoms with Crippen molar-refractivity contribution in [3.63, 3.8) is 0 Å². The Morgan fingerprint density at radius 2 is 1.79 bits per heavy atom. The molecule has 0 spiro atoms. The van der Waals surface area contributed by atoms with Gasteiger partial charge in [0.1, 0.15) is 0 Å². The lowest BCUT2D eigenvalue weighted by Crippen LogP contribution is -2.52. The maximum absolute atomic E-state index is 11.3. The minimum Gasteiger partial charge on any atom is -0.481 e. The number of rotatable bonds is 7. The van der Waals surface area contributed by atoms with Crippen LogP contribution in [0.15, 0.2) is 11.6 Å². The number of hydrogen-bond donors (Lipinski definition) is 3. The van der Waals surface area contributed by atoms with Crippen LogP contribution in [0, 0.1) is 46.3 Å². The lowest BCUT2D eigenvalue weighted by molar-refractivity contribution is -0.145. The van der Waals surface area contributed by atoms with Crippen molar-refractivity contribution in [3.8, 4) is 0 Å². The fraction of sp³-hybridized carbons (Fsp3) is 0.897. The van der Waals surface area contributed by atoms with Gasteiger partial charge in [-0.25, -0.2) is 0 Å². The highest BCUT2D eigenvalue weighted by Gasteiger charge is 2.60. The lowest BCUT2D eigenvalue weighted by Gasteiger charge is -2.59. The maximum atomic E-state index is 11.3. The number of aliphatic carboxylic acids is 1. The standard InChI is InChI=1S/C29H48O4/c1-18(2)25(30)11-6-19(3)22-9-10-23-21-8-7-20-16-29(33,17-26(31)32)15-14-27(20,4)24(21)12-13-28(22,23)5/h7,18-19,21-25,30,33H,6,8-17H2,1-5H3,(H,31,32)/t19-,21+,22-,23+,24+,25?,27+,28-,29+/m1/s1. The molecule has 1 unspecified atom stereocenters. The Hall–Kier alpha value is -0.870. The zero-order valence-electron chi connectivity index (χ0n) is 21.6. The van der Waals surface area contributed by atoms with Gasteiger partial charge in [0.15, 0.2) is 0 Å². The number of aliphatic hydroxyl groups is 2. The van der Waals surface area contributed by atoms with Crippen molar-refractivity contribution in [2.24, 2.45) is 46.3 Å². The molecule has 0 aromatic rings. The van der Waals surface area contributed by atoms with Crippen LogP contribution >= 0.6 is 0 Å². The summed E-state index contributed by atoms with van der Waals surface area (Å²) < 4.78 is 0. The Labute approximate surface area is 201 Å². The number of fused-ring (bicyclic) bond motifs is 5. The van der Waals surface area contributed by atoms with E-state index in [0.29, 0.717) is 36.0 Å². The van der Waals surface area contributed by atoms with Gasteiger partial charge in [-0.3, -0.25) is 4.79 Å². The molecule has 4 nitrogen and oxygen atoms in total. The molecule has 0 amide bonds. The van der Waals surface area contributed by atoms with E-state index in [1.807, 2.05) is 0 Å². The van der Waals surface area contributed by atoms with Crippen LogP contribution in [0.1, 0.15) is 105 Å². The summed E-state index contributed by atoms with van der Waals surface area (Å²) in [7, 11) is 0. The van der Waals surface area contributed by atoms with E-state index in [-0.39, 0.29) is 17.9 Å². The Balaban J connectivity index is 1.49. The number of allylic oxidation sites excluding steroid dienone is 1. The van der Waals surface area contributed by atoms with Gasteiger partial charge in [-0.2, -0.15) is 0 Å². The van der Waals surface area contributed by atoms with E-state index in [1.165, 1.54) is 31.3 Å². The van der Waals surface area contributed by atoms with Crippen molar-refractivity contribution in [2.45, 2.75) is 117 Å². The van der Waals surface area contributed by atoms with Gasteiger partial charge in [0.05, 0.1) is 18.1 Å². The van der Waals surface area contributed by atoms with Crippen molar-refractivity contribution >= 4 is 5.97 Å². The van der Waals surface area contributed by atoms with E-state index >= 15 is 0 Å². The van der Waals surface area contributed by atoms with Crippen LogP contribution in [0.2, 0.25) is 0 Å². The highest BCUT2D eigenvalue weighted by atomic mass is 16.4. The van der Waals surface area contributed by atoms with Gasteiger partial charge >= 0.3 is 5.97 Å². The topological polar surface area (TPSA) is 77.8 Å². The van der Waals surface area contributed by atoms with Gasteiger partial charge in [0.25, 0.3) is 0 Å². The quantitative estimate of drug-likeness (QED) is 0.395. The zero-order valence-corrected chi connectivity index (χ0v) is 21.6. The molecule has 4 heteroatoms. The Bertz CT molecular complexity index is 774. The fourth-order valence-corrected chi connectivity index (χ4v) is 9.09. The first-order chi connectivity index (χ1) is 15.4. The molecular formula is C29H48O4. The molecule has 0 saturated heterocycles. The molecule has 0 radical (unpaired) electrons. The van der Waals surface area contributed by atoms with E-state index in [2.05, 4.69) is 40.7 Å². The van der Waals surface area contributed by atoms with E-state index < -0.39 is 11.6 Å². The smallest absolute Gasteiger partial charge is 0.306 e. The van der Waals surface area contributed by atoms with Crippen molar-refractivity contribution in [2.75, 3.05) is 0 Å². The maximum Gasteiger partial charge on any atom is 0.306 e. The van der Waals surface area contributed by atoms with Gasteiger partial charge in [-0.1, -0.05) is 46.3 Å². The number of carboxylic acids is 1. The first-order valence-electron chi connectivity index (χ1n) is 13.7. The van der Waals surface area contributed by atoms with E-state index in [4.69, 9.17) is 0 Å². The zero-order chi connectivity index (χ0) is 24.2. The molecule has 0 aliphatic heterocycles. The summed E-state index contributed by atoms with van der Waals surface area (Å²) in [6, 6.07) is 0. The van der Waals surface area contributed by atoms with Crippen molar-refractivity contribution < 1.29 is 20.1 Å². The third-order valence-corrected chi connectivity index (χ3v) is 11.2. The summed E-state index contributed by atoms with van der Waals surface area (Å²) in [5.41, 5.74) is 0.804. The molecule has 4 aliphatic carbocycles. The summed E-state index contributed by atoms with van der Waals surface area (Å²) in [5.74, 6) is 3.03. The largest absolute Gasteiger partial charge is 0.481 e. The first kappa shape index (κ1) is 25.2. The summed E-state index contributed by atoms with van der Waals surface area (Å²) >= 11 is 0. The predicted octanol–water partition coefficient (Wildman–Crippen LogP) is 6.20. The van der Waals surface area contributed by atoms with Crippen LogP contribution in [0.3, 0.4) is 0 Å². The number of hydrogen-bond acceptors (Lipinski definition) is 3.